The van der Waals surface area contributed by atoms with Gasteiger partial charge in [-0.1, -0.05) is 0 Å². The van der Waals surface area contributed by atoms with Crippen molar-refractivity contribution in [2.24, 2.45) is 13.0 Å². The molecule has 1 amide bonds. The van der Waals surface area contributed by atoms with E-state index in [1.807, 2.05) is 0 Å². The Kier molecular flexibility index (Phi) is 5.79. The number of aryl methyl sites for hydroxylation is 1. The molecule has 6 heteroatoms. The predicted molar refractivity (Wildman–Crippen MR) is 99.4 cm³/mol. The Morgan fingerprint density at radius 3 is 2.56 bits per heavy atom. The molecule has 1 unspecified atom stereocenters. The molecule has 140 valence electrons. The number of carbonyl (C=O) groups excluding carboxylic acids is 1. The molecular formula is C19H33N5O. The van der Waals surface area contributed by atoms with Crippen LogP contribution in [0.2, 0.25) is 0 Å². The van der Waals surface area contributed by atoms with Gasteiger partial charge in [0.05, 0.1) is 18.2 Å². The second kappa shape index (κ2) is 7.87. The quantitative estimate of drug-likeness (QED) is 0.829. The van der Waals surface area contributed by atoms with E-state index in [1.54, 1.807) is 0 Å². The summed E-state index contributed by atoms with van der Waals surface area (Å²) in [6.45, 7) is 10.8. The maximum atomic E-state index is 12.9. The van der Waals surface area contributed by atoms with Crippen LogP contribution in [0.1, 0.15) is 36.5 Å². The van der Waals surface area contributed by atoms with E-state index >= 15 is 0 Å². The number of likely N-dealkylation sites (tertiary alicyclic amines) is 1. The zero-order valence-corrected chi connectivity index (χ0v) is 16.3. The fraction of sp³-hybridized carbons (Fsp3) is 0.789. The second-order valence-electron chi connectivity index (χ2n) is 7.81. The molecule has 0 radical (unpaired) electrons. The van der Waals surface area contributed by atoms with Gasteiger partial charge in [-0.3, -0.25) is 9.69 Å². The first-order chi connectivity index (χ1) is 12.0. The Morgan fingerprint density at radius 2 is 1.88 bits per heavy atom. The van der Waals surface area contributed by atoms with E-state index in [0.717, 1.165) is 76.6 Å². The molecule has 0 aromatic carbocycles. The maximum absolute atomic E-state index is 12.9. The molecule has 2 aliphatic heterocycles. The van der Waals surface area contributed by atoms with Crippen LogP contribution in [0.5, 0.6) is 0 Å². The SMILES string of the molecule is Cc1nc(CN2CCCN(C(=O)C3CCCN(C)C3)CC2)n(C)c1C. The molecule has 3 rings (SSSR count). The molecule has 0 spiro atoms. The molecule has 2 aliphatic rings. The number of hydrogen-bond donors (Lipinski definition) is 0. The minimum absolute atomic E-state index is 0.199. The lowest BCUT2D eigenvalue weighted by molar-refractivity contribution is -0.137. The molecule has 2 fully saturated rings. The van der Waals surface area contributed by atoms with Crippen LogP contribution in [0, 0.1) is 19.8 Å². The van der Waals surface area contributed by atoms with Crippen molar-refractivity contribution in [2.45, 2.75) is 39.7 Å². The van der Waals surface area contributed by atoms with Crippen LogP contribution in [0.15, 0.2) is 0 Å². The highest BCUT2D eigenvalue weighted by Crippen LogP contribution is 2.19. The van der Waals surface area contributed by atoms with E-state index in [4.69, 9.17) is 4.98 Å². The third kappa shape index (κ3) is 4.23. The van der Waals surface area contributed by atoms with E-state index in [2.05, 4.69) is 47.2 Å². The van der Waals surface area contributed by atoms with Crippen LogP contribution < -0.4 is 0 Å². The van der Waals surface area contributed by atoms with Crippen molar-refractivity contribution in [1.29, 1.82) is 0 Å². The predicted octanol–water partition coefficient (Wildman–Crippen LogP) is 1.41. The van der Waals surface area contributed by atoms with Gasteiger partial charge in [-0.15, -0.1) is 0 Å². The fourth-order valence-electron chi connectivity index (χ4n) is 4.10. The number of hydrogen-bond acceptors (Lipinski definition) is 4. The molecule has 1 aromatic heterocycles. The minimum atomic E-state index is 0.199. The van der Waals surface area contributed by atoms with Crippen molar-refractivity contribution in [3.8, 4) is 0 Å². The highest BCUT2D eigenvalue weighted by molar-refractivity contribution is 5.79. The Bertz CT molecular complexity index is 611. The zero-order valence-electron chi connectivity index (χ0n) is 16.3. The van der Waals surface area contributed by atoms with Crippen LogP contribution in [-0.4, -0.2) is 76.5 Å². The van der Waals surface area contributed by atoms with E-state index < -0.39 is 0 Å². The Labute approximate surface area is 151 Å². The number of nitrogens with zero attached hydrogens (tertiary/aromatic N) is 5. The van der Waals surface area contributed by atoms with Gasteiger partial charge in [0.1, 0.15) is 5.82 Å². The van der Waals surface area contributed by atoms with Crippen molar-refractivity contribution in [3.05, 3.63) is 17.2 Å². The van der Waals surface area contributed by atoms with Crippen LogP contribution in [0.25, 0.3) is 0 Å². The molecular weight excluding hydrogens is 314 g/mol. The maximum Gasteiger partial charge on any atom is 0.227 e. The molecule has 0 saturated carbocycles. The van der Waals surface area contributed by atoms with E-state index in [0.29, 0.717) is 5.91 Å². The van der Waals surface area contributed by atoms with E-state index in [9.17, 15) is 4.79 Å². The largest absolute Gasteiger partial charge is 0.341 e. The monoisotopic (exact) mass is 347 g/mol. The third-order valence-corrected chi connectivity index (χ3v) is 5.95. The van der Waals surface area contributed by atoms with Gasteiger partial charge in [0.15, 0.2) is 0 Å². The highest BCUT2D eigenvalue weighted by atomic mass is 16.2. The van der Waals surface area contributed by atoms with E-state index in [1.165, 1.54) is 5.69 Å². The van der Waals surface area contributed by atoms with Crippen molar-refractivity contribution in [1.82, 2.24) is 24.3 Å². The summed E-state index contributed by atoms with van der Waals surface area (Å²) in [4.78, 5) is 24.4. The summed E-state index contributed by atoms with van der Waals surface area (Å²) >= 11 is 0. The molecule has 1 atom stereocenters. The lowest BCUT2D eigenvalue weighted by atomic mass is 9.97. The summed E-state index contributed by atoms with van der Waals surface area (Å²) in [6, 6.07) is 0. The van der Waals surface area contributed by atoms with E-state index in [-0.39, 0.29) is 5.92 Å². The first-order valence-corrected chi connectivity index (χ1v) is 9.64. The second-order valence-corrected chi connectivity index (χ2v) is 7.81. The standard InChI is InChI=1S/C19H33N5O/c1-15-16(2)22(4)18(20-15)14-23-9-6-10-24(12-11-23)19(25)17-7-5-8-21(3)13-17/h17H,5-14H2,1-4H3. The summed E-state index contributed by atoms with van der Waals surface area (Å²) in [5, 5.41) is 0. The molecule has 0 aliphatic carbocycles. The molecule has 1 aromatic rings. The first kappa shape index (κ1) is 18.4. The average Bonchev–Trinajstić information content (AvgIpc) is 2.78. The first-order valence-electron chi connectivity index (χ1n) is 9.64. The summed E-state index contributed by atoms with van der Waals surface area (Å²) in [5.41, 5.74) is 2.36. The number of piperidine rings is 1. The van der Waals surface area contributed by atoms with Gasteiger partial charge in [-0.05, 0) is 46.7 Å². The lowest BCUT2D eigenvalue weighted by Crippen LogP contribution is -2.44. The zero-order chi connectivity index (χ0) is 18.0. The van der Waals surface area contributed by atoms with Crippen LogP contribution >= 0.6 is 0 Å². The van der Waals surface area contributed by atoms with Gasteiger partial charge in [-0.2, -0.15) is 0 Å². The van der Waals surface area contributed by atoms with Gasteiger partial charge in [0.25, 0.3) is 0 Å². The average molecular weight is 348 g/mol. The number of amides is 1. The minimum Gasteiger partial charge on any atom is -0.341 e. The molecule has 6 nitrogen and oxygen atoms in total. The molecule has 3 heterocycles. The van der Waals surface area contributed by atoms with Crippen LogP contribution in [-0.2, 0) is 18.4 Å². The Hall–Kier alpha value is -1.40. The van der Waals surface area contributed by atoms with Crippen molar-refractivity contribution in [3.63, 3.8) is 0 Å². The van der Waals surface area contributed by atoms with Crippen LogP contribution in [0.3, 0.4) is 0 Å². The van der Waals surface area contributed by atoms with Gasteiger partial charge >= 0.3 is 0 Å². The van der Waals surface area contributed by atoms with Gasteiger partial charge in [-0.25, -0.2) is 4.98 Å². The smallest absolute Gasteiger partial charge is 0.227 e. The normalized spacial score (nSPS) is 23.7. The highest BCUT2D eigenvalue weighted by Gasteiger charge is 2.29. The molecule has 0 bridgehead atoms. The summed E-state index contributed by atoms with van der Waals surface area (Å²) < 4.78 is 2.20. The Morgan fingerprint density at radius 1 is 1.08 bits per heavy atom. The topological polar surface area (TPSA) is 44.6 Å². The van der Waals surface area contributed by atoms with Gasteiger partial charge < -0.3 is 14.4 Å². The number of imidazole rings is 1. The van der Waals surface area contributed by atoms with Crippen LogP contribution in [0.4, 0.5) is 0 Å². The lowest BCUT2D eigenvalue weighted by Gasteiger charge is -2.32. The summed E-state index contributed by atoms with van der Waals surface area (Å²) in [5.74, 6) is 1.70. The molecule has 0 N–H and O–H groups in total. The van der Waals surface area contributed by atoms with Crippen molar-refractivity contribution in [2.75, 3.05) is 46.3 Å². The summed E-state index contributed by atoms with van der Waals surface area (Å²) in [7, 11) is 4.22. The number of rotatable bonds is 3. The van der Waals surface area contributed by atoms with Gasteiger partial charge in [0, 0.05) is 45.5 Å². The third-order valence-electron chi connectivity index (χ3n) is 5.95. The molecule has 2 saturated heterocycles. The van der Waals surface area contributed by atoms with Crippen molar-refractivity contribution < 1.29 is 4.79 Å². The summed E-state index contributed by atoms with van der Waals surface area (Å²) in [6.07, 6.45) is 3.25. The Balaban J connectivity index is 1.56. The van der Waals surface area contributed by atoms with Gasteiger partial charge in [0.2, 0.25) is 5.91 Å². The number of carbonyl (C=O) groups is 1. The van der Waals surface area contributed by atoms with Crippen molar-refractivity contribution >= 4 is 5.91 Å². The fourth-order valence-corrected chi connectivity index (χ4v) is 4.10. The number of aromatic nitrogens is 2. The molecule has 25 heavy (non-hydrogen) atoms.